The molecule has 0 saturated carbocycles. The maximum absolute atomic E-state index is 5.18. The molecular formula is C47H30N4. The molecule has 4 heteroatoms. The monoisotopic (exact) mass is 650 g/mol. The Morgan fingerprint density at radius 2 is 0.863 bits per heavy atom. The molecule has 238 valence electrons. The van der Waals surface area contributed by atoms with Crippen molar-refractivity contribution in [2.75, 3.05) is 0 Å². The lowest BCUT2D eigenvalue weighted by Crippen LogP contribution is -2.00. The zero-order chi connectivity index (χ0) is 33.7. The third-order valence-corrected chi connectivity index (χ3v) is 9.83. The summed E-state index contributed by atoms with van der Waals surface area (Å²) in [6.45, 7) is 0. The lowest BCUT2D eigenvalue weighted by Gasteiger charge is -2.11. The van der Waals surface area contributed by atoms with Gasteiger partial charge in [0.25, 0.3) is 0 Å². The number of nitrogens with zero attached hydrogens (tertiary/aromatic N) is 4. The summed E-state index contributed by atoms with van der Waals surface area (Å²) in [5.41, 5.74) is 8.50. The SMILES string of the molecule is c1ccc(-c2nc(-c3ccccc3)nc(-c3cccc4c3c3c(-c5ccc6c(ccc7ccccc76)c5)cccc3n4-c3ccccc3)n2)cc1. The maximum Gasteiger partial charge on any atom is 0.164 e. The Hall–Kier alpha value is -6.91. The van der Waals surface area contributed by atoms with Crippen LogP contribution in [-0.2, 0) is 0 Å². The minimum Gasteiger partial charge on any atom is -0.309 e. The summed E-state index contributed by atoms with van der Waals surface area (Å²) < 4.78 is 2.36. The molecule has 0 N–H and O–H groups in total. The molecule has 8 aromatic carbocycles. The molecule has 0 aliphatic heterocycles. The van der Waals surface area contributed by atoms with Gasteiger partial charge in [-0.05, 0) is 63.0 Å². The largest absolute Gasteiger partial charge is 0.309 e. The van der Waals surface area contributed by atoms with Crippen molar-refractivity contribution in [1.29, 1.82) is 0 Å². The molecule has 0 fully saturated rings. The zero-order valence-electron chi connectivity index (χ0n) is 27.6. The highest BCUT2D eigenvalue weighted by molar-refractivity contribution is 6.21. The Morgan fingerprint density at radius 1 is 0.333 bits per heavy atom. The predicted molar refractivity (Wildman–Crippen MR) is 211 cm³/mol. The van der Waals surface area contributed by atoms with E-state index >= 15 is 0 Å². The molecule has 10 aromatic rings. The number of aromatic nitrogens is 4. The van der Waals surface area contributed by atoms with Crippen molar-refractivity contribution in [1.82, 2.24) is 19.5 Å². The van der Waals surface area contributed by atoms with Gasteiger partial charge in [-0.2, -0.15) is 0 Å². The number of benzene rings is 8. The van der Waals surface area contributed by atoms with E-state index in [1.54, 1.807) is 0 Å². The normalized spacial score (nSPS) is 11.5. The lowest BCUT2D eigenvalue weighted by atomic mass is 9.94. The quantitative estimate of drug-likeness (QED) is 0.174. The molecule has 0 radical (unpaired) electrons. The van der Waals surface area contributed by atoms with E-state index in [1.807, 2.05) is 36.4 Å². The van der Waals surface area contributed by atoms with Gasteiger partial charge in [-0.3, -0.25) is 0 Å². The molecule has 0 amide bonds. The summed E-state index contributed by atoms with van der Waals surface area (Å²) in [7, 11) is 0. The lowest BCUT2D eigenvalue weighted by molar-refractivity contribution is 1.08. The smallest absolute Gasteiger partial charge is 0.164 e. The van der Waals surface area contributed by atoms with E-state index < -0.39 is 0 Å². The molecule has 0 saturated heterocycles. The van der Waals surface area contributed by atoms with E-state index in [-0.39, 0.29) is 0 Å². The summed E-state index contributed by atoms with van der Waals surface area (Å²) in [5.74, 6) is 1.93. The van der Waals surface area contributed by atoms with Crippen LogP contribution in [0.15, 0.2) is 182 Å². The van der Waals surface area contributed by atoms with Crippen LogP contribution in [0.3, 0.4) is 0 Å². The number of hydrogen-bond donors (Lipinski definition) is 0. The fourth-order valence-electron chi connectivity index (χ4n) is 7.50. The molecule has 2 heterocycles. The van der Waals surface area contributed by atoms with Crippen molar-refractivity contribution in [2.24, 2.45) is 0 Å². The topological polar surface area (TPSA) is 43.6 Å². The highest BCUT2D eigenvalue weighted by Gasteiger charge is 2.22. The Kier molecular flexibility index (Phi) is 6.78. The van der Waals surface area contributed by atoms with Crippen LogP contribution in [-0.4, -0.2) is 19.5 Å². The second kappa shape index (κ2) is 11.9. The van der Waals surface area contributed by atoms with Crippen LogP contribution < -0.4 is 0 Å². The maximum atomic E-state index is 5.18. The Balaban J connectivity index is 1.29. The highest BCUT2D eigenvalue weighted by Crippen LogP contribution is 2.43. The first-order valence-corrected chi connectivity index (χ1v) is 17.2. The van der Waals surface area contributed by atoms with E-state index in [1.165, 1.54) is 21.5 Å². The number of fused-ring (bicyclic) bond motifs is 6. The summed E-state index contributed by atoms with van der Waals surface area (Å²) in [6.07, 6.45) is 0. The second-order valence-electron chi connectivity index (χ2n) is 12.8. The number of hydrogen-bond acceptors (Lipinski definition) is 3. The molecule has 10 rings (SSSR count). The second-order valence-corrected chi connectivity index (χ2v) is 12.8. The van der Waals surface area contributed by atoms with Crippen LogP contribution >= 0.6 is 0 Å². The van der Waals surface area contributed by atoms with E-state index in [2.05, 4.69) is 150 Å². The van der Waals surface area contributed by atoms with Gasteiger partial charge >= 0.3 is 0 Å². The molecule has 0 atom stereocenters. The van der Waals surface area contributed by atoms with Crippen LogP contribution in [0.2, 0.25) is 0 Å². The first-order chi connectivity index (χ1) is 25.3. The number of rotatable bonds is 5. The standard InChI is InChI=1S/C47H30N4/c1-4-15-32(16-5-1)45-48-46(33-17-6-2-7-18-33)50-47(49-45)40-23-13-25-42-44(40)43-39(22-12-24-41(43)51(42)36-19-8-3-9-20-36)35-28-29-38-34(30-35)27-26-31-14-10-11-21-37(31)38/h1-30H. The minimum absolute atomic E-state index is 0.639. The fraction of sp³-hybridized carbons (Fsp3) is 0. The van der Waals surface area contributed by atoms with Crippen LogP contribution in [0.4, 0.5) is 0 Å². The highest BCUT2D eigenvalue weighted by atomic mass is 15.0. The Bertz CT molecular complexity index is 2840. The van der Waals surface area contributed by atoms with Gasteiger partial charge < -0.3 is 4.57 Å². The summed E-state index contributed by atoms with van der Waals surface area (Å²) >= 11 is 0. The first-order valence-electron chi connectivity index (χ1n) is 17.2. The average Bonchev–Trinajstić information content (AvgIpc) is 3.56. The molecule has 0 spiro atoms. The molecule has 2 aromatic heterocycles. The van der Waals surface area contributed by atoms with Crippen molar-refractivity contribution in [3.05, 3.63) is 182 Å². The molecule has 51 heavy (non-hydrogen) atoms. The van der Waals surface area contributed by atoms with Gasteiger partial charge in [-0.15, -0.1) is 0 Å². The van der Waals surface area contributed by atoms with Gasteiger partial charge in [0.2, 0.25) is 0 Å². The van der Waals surface area contributed by atoms with Crippen molar-refractivity contribution < 1.29 is 0 Å². The van der Waals surface area contributed by atoms with E-state index in [9.17, 15) is 0 Å². The third kappa shape index (κ3) is 4.88. The summed E-state index contributed by atoms with van der Waals surface area (Å²) in [6, 6.07) is 64.0. The van der Waals surface area contributed by atoms with Crippen LogP contribution in [0.25, 0.3) is 94.3 Å². The zero-order valence-corrected chi connectivity index (χ0v) is 27.6. The van der Waals surface area contributed by atoms with Crippen molar-refractivity contribution in [2.45, 2.75) is 0 Å². The van der Waals surface area contributed by atoms with E-state index in [0.717, 1.165) is 55.3 Å². The molecule has 0 aliphatic rings. The molecule has 4 nitrogen and oxygen atoms in total. The van der Waals surface area contributed by atoms with Crippen molar-refractivity contribution >= 4 is 43.4 Å². The van der Waals surface area contributed by atoms with Gasteiger partial charge in [0.15, 0.2) is 17.5 Å². The van der Waals surface area contributed by atoms with E-state index in [0.29, 0.717) is 17.5 Å². The van der Waals surface area contributed by atoms with Crippen molar-refractivity contribution in [3.63, 3.8) is 0 Å². The van der Waals surface area contributed by atoms with Gasteiger partial charge in [-0.1, -0.05) is 152 Å². The summed E-state index contributed by atoms with van der Waals surface area (Å²) in [4.78, 5) is 15.3. The Labute approximate surface area is 295 Å². The predicted octanol–water partition coefficient (Wildman–Crippen LogP) is 11.9. The molecule has 0 aliphatic carbocycles. The van der Waals surface area contributed by atoms with Crippen LogP contribution in [0, 0.1) is 0 Å². The van der Waals surface area contributed by atoms with Gasteiger partial charge in [0, 0.05) is 33.2 Å². The molecular weight excluding hydrogens is 621 g/mol. The van der Waals surface area contributed by atoms with Crippen LogP contribution in [0.5, 0.6) is 0 Å². The first kappa shape index (κ1) is 29.0. The molecule has 0 bridgehead atoms. The third-order valence-electron chi connectivity index (χ3n) is 9.83. The number of para-hydroxylation sites is 1. The molecule has 0 unspecified atom stereocenters. The van der Waals surface area contributed by atoms with Crippen molar-refractivity contribution in [3.8, 4) is 51.0 Å². The van der Waals surface area contributed by atoms with Gasteiger partial charge in [-0.25, -0.2) is 15.0 Å². The summed E-state index contributed by atoms with van der Waals surface area (Å²) in [5, 5.41) is 7.25. The average molecular weight is 651 g/mol. The van der Waals surface area contributed by atoms with E-state index in [4.69, 9.17) is 15.0 Å². The fourth-order valence-corrected chi connectivity index (χ4v) is 7.50. The van der Waals surface area contributed by atoms with Gasteiger partial charge in [0.1, 0.15) is 0 Å². The van der Waals surface area contributed by atoms with Gasteiger partial charge in [0.05, 0.1) is 11.0 Å². The minimum atomic E-state index is 0.639. The Morgan fingerprint density at radius 3 is 1.55 bits per heavy atom. The van der Waals surface area contributed by atoms with Crippen LogP contribution in [0.1, 0.15) is 0 Å².